The third-order valence-corrected chi connectivity index (χ3v) is 5.87. The zero-order chi connectivity index (χ0) is 21.5. The van der Waals surface area contributed by atoms with Crippen LogP contribution >= 0.6 is 11.8 Å². The number of carbonyl (C=O) groups is 1. The van der Waals surface area contributed by atoms with E-state index in [1.165, 1.54) is 19.3 Å². The van der Waals surface area contributed by atoms with Crippen molar-refractivity contribution in [3.05, 3.63) is 36.5 Å². The Bertz CT molecular complexity index is 1000. The second-order valence-electron chi connectivity index (χ2n) is 7.37. The van der Waals surface area contributed by atoms with Crippen molar-refractivity contribution in [3.8, 4) is 5.75 Å². The van der Waals surface area contributed by atoms with Gasteiger partial charge in [-0.05, 0) is 37.1 Å². The van der Waals surface area contributed by atoms with Crippen LogP contribution in [0.15, 0.2) is 41.7 Å². The van der Waals surface area contributed by atoms with Crippen molar-refractivity contribution in [3.63, 3.8) is 0 Å². The number of carbonyl (C=O) groups excluding carboxylic acids is 1. The molecular weight excluding hydrogens is 412 g/mol. The molecule has 1 N–H and O–H groups in total. The lowest BCUT2D eigenvalue weighted by atomic mass is 10.1. The minimum Gasteiger partial charge on any atom is -0.484 e. The van der Waals surface area contributed by atoms with Gasteiger partial charge in [0.05, 0.1) is 18.1 Å². The first-order valence-corrected chi connectivity index (χ1v) is 11.8. The second-order valence-corrected chi connectivity index (χ2v) is 8.60. The highest BCUT2D eigenvalue weighted by Crippen LogP contribution is 2.29. The number of nitrogens with one attached hydrogen (secondary N) is 1. The van der Waals surface area contributed by atoms with E-state index in [2.05, 4.69) is 22.2 Å². The minimum absolute atomic E-state index is 0.0115. The fourth-order valence-electron chi connectivity index (χ4n) is 3.64. The lowest BCUT2D eigenvalue weighted by Gasteiger charge is -2.28. The lowest BCUT2D eigenvalue weighted by Crippen LogP contribution is -2.32. The predicted molar refractivity (Wildman–Crippen MR) is 123 cm³/mol. The van der Waals surface area contributed by atoms with E-state index < -0.39 is 0 Å². The number of benzene rings is 1. The Morgan fingerprint density at radius 1 is 1.16 bits per heavy atom. The molecule has 2 aromatic heterocycles. The smallest absolute Gasteiger partial charge is 0.258 e. The molecule has 0 bridgehead atoms. The number of anilines is 1. The number of amides is 1. The summed E-state index contributed by atoms with van der Waals surface area (Å²) in [6.45, 7) is 5.11. The van der Waals surface area contributed by atoms with Gasteiger partial charge in [0.1, 0.15) is 11.6 Å². The van der Waals surface area contributed by atoms with Gasteiger partial charge in [0.25, 0.3) is 5.91 Å². The highest BCUT2D eigenvalue weighted by atomic mass is 32.2. The number of fused-ring (bicyclic) bond motifs is 1. The molecule has 0 radical (unpaired) electrons. The summed E-state index contributed by atoms with van der Waals surface area (Å²) in [5, 5.41) is 9.18. The molecule has 0 aliphatic carbocycles. The summed E-state index contributed by atoms with van der Waals surface area (Å²) in [6.07, 6.45) is 5.49. The van der Waals surface area contributed by atoms with Gasteiger partial charge in [-0.2, -0.15) is 5.10 Å². The van der Waals surface area contributed by atoms with Gasteiger partial charge in [0.2, 0.25) is 0 Å². The van der Waals surface area contributed by atoms with Crippen LogP contribution in [0.2, 0.25) is 0 Å². The fraction of sp³-hybridized carbons (Fsp3) is 0.455. The maximum atomic E-state index is 12.1. The molecule has 0 atom stereocenters. The molecule has 0 spiro atoms. The lowest BCUT2D eigenvalue weighted by molar-refractivity contribution is -0.123. The molecule has 1 amide bonds. The zero-order valence-electron chi connectivity index (χ0n) is 17.8. The van der Waals surface area contributed by atoms with Crippen LogP contribution in [0.4, 0.5) is 5.82 Å². The summed E-state index contributed by atoms with van der Waals surface area (Å²) in [6, 6.07) is 9.32. The summed E-state index contributed by atoms with van der Waals surface area (Å²) in [7, 11) is 0. The van der Waals surface area contributed by atoms with Crippen LogP contribution in [0.3, 0.4) is 0 Å². The molecule has 4 rings (SSSR count). The first kappa shape index (κ1) is 21.4. The third-order valence-electron chi connectivity index (χ3n) is 5.14. The van der Waals surface area contributed by atoms with E-state index in [9.17, 15) is 4.79 Å². The largest absolute Gasteiger partial charge is 0.484 e. The Kier molecular flexibility index (Phi) is 7.24. The van der Waals surface area contributed by atoms with Crippen LogP contribution in [0, 0.1) is 0 Å². The molecule has 3 heterocycles. The molecule has 164 valence electrons. The molecular formula is C22H28N6O2S. The van der Waals surface area contributed by atoms with Gasteiger partial charge in [0.15, 0.2) is 17.4 Å². The van der Waals surface area contributed by atoms with Crippen LogP contribution in [-0.4, -0.2) is 57.6 Å². The Hall–Kier alpha value is -2.81. The SMILES string of the molecule is CCSc1nc(N2CCCCC2)c2cnn(CCNC(=O)COc3ccccc3)c2n1. The van der Waals surface area contributed by atoms with Gasteiger partial charge in [0, 0.05) is 19.6 Å². The van der Waals surface area contributed by atoms with Gasteiger partial charge >= 0.3 is 0 Å². The zero-order valence-corrected chi connectivity index (χ0v) is 18.6. The number of aromatic nitrogens is 4. The summed E-state index contributed by atoms with van der Waals surface area (Å²) in [4.78, 5) is 24.0. The van der Waals surface area contributed by atoms with Gasteiger partial charge < -0.3 is 15.0 Å². The first-order chi connectivity index (χ1) is 15.2. The quantitative estimate of drug-likeness (QED) is 0.404. The molecule has 0 saturated carbocycles. The summed E-state index contributed by atoms with van der Waals surface area (Å²) in [5.41, 5.74) is 0.821. The van der Waals surface area contributed by atoms with Crippen molar-refractivity contribution in [1.82, 2.24) is 25.1 Å². The monoisotopic (exact) mass is 440 g/mol. The van der Waals surface area contributed by atoms with Crippen molar-refractivity contribution in [2.24, 2.45) is 0 Å². The predicted octanol–water partition coefficient (Wildman–Crippen LogP) is 3.12. The molecule has 31 heavy (non-hydrogen) atoms. The topological polar surface area (TPSA) is 85.2 Å². The van der Waals surface area contributed by atoms with Crippen LogP contribution in [0.25, 0.3) is 11.0 Å². The normalized spacial score (nSPS) is 14.0. The number of thioether (sulfide) groups is 1. The summed E-state index contributed by atoms with van der Waals surface area (Å²) >= 11 is 1.64. The van der Waals surface area contributed by atoms with Crippen molar-refractivity contribution in [2.75, 3.05) is 36.9 Å². The number of nitrogens with zero attached hydrogens (tertiary/aromatic N) is 5. The molecule has 1 fully saturated rings. The highest BCUT2D eigenvalue weighted by molar-refractivity contribution is 7.99. The summed E-state index contributed by atoms with van der Waals surface area (Å²) < 4.78 is 7.34. The molecule has 0 unspecified atom stereocenters. The van der Waals surface area contributed by atoms with E-state index in [0.29, 0.717) is 18.8 Å². The standard InChI is InChI=1S/C22H28N6O2S/c1-2-31-22-25-20(27-12-7-4-8-13-27)18-15-24-28(21(18)26-22)14-11-23-19(29)16-30-17-9-5-3-6-10-17/h3,5-6,9-10,15H,2,4,7-8,11-14,16H2,1H3,(H,23,29). The Labute approximate surface area is 186 Å². The van der Waals surface area contributed by atoms with Crippen LogP contribution in [-0.2, 0) is 11.3 Å². The number of rotatable bonds is 9. The highest BCUT2D eigenvalue weighted by Gasteiger charge is 2.20. The van der Waals surface area contributed by atoms with E-state index in [0.717, 1.165) is 40.9 Å². The van der Waals surface area contributed by atoms with Crippen molar-refractivity contribution in [1.29, 1.82) is 0 Å². The number of para-hydroxylation sites is 1. The number of piperidine rings is 1. The number of hydrogen-bond acceptors (Lipinski definition) is 7. The average Bonchev–Trinajstić information content (AvgIpc) is 3.21. The van der Waals surface area contributed by atoms with Crippen molar-refractivity contribution in [2.45, 2.75) is 37.9 Å². The van der Waals surface area contributed by atoms with Gasteiger partial charge in [-0.1, -0.05) is 36.9 Å². The Morgan fingerprint density at radius 3 is 2.74 bits per heavy atom. The molecule has 1 aliphatic rings. The van der Waals surface area contributed by atoms with E-state index >= 15 is 0 Å². The van der Waals surface area contributed by atoms with Crippen molar-refractivity contribution < 1.29 is 9.53 Å². The average molecular weight is 441 g/mol. The molecule has 1 aliphatic heterocycles. The second kappa shape index (κ2) is 10.5. The number of hydrogen-bond donors (Lipinski definition) is 1. The fourth-order valence-corrected chi connectivity index (χ4v) is 4.20. The van der Waals surface area contributed by atoms with Gasteiger partial charge in [-0.3, -0.25) is 4.79 Å². The van der Waals surface area contributed by atoms with E-state index in [4.69, 9.17) is 14.7 Å². The molecule has 8 nitrogen and oxygen atoms in total. The maximum Gasteiger partial charge on any atom is 0.258 e. The molecule has 1 saturated heterocycles. The minimum atomic E-state index is -0.161. The summed E-state index contributed by atoms with van der Waals surface area (Å²) in [5.74, 6) is 2.41. The third kappa shape index (κ3) is 5.46. The first-order valence-electron chi connectivity index (χ1n) is 10.8. The number of ether oxygens (including phenoxy) is 1. The van der Waals surface area contributed by atoms with Gasteiger partial charge in [-0.25, -0.2) is 14.6 Å². The molecule has 9 heteroatoms. The van der Waals surface area contributed by atoms with E-state index in [1.54, 1.807) is 11.8 Å². The van der Waals surface area contributed by atoms with Crippen LogP contribution in [0.1, 0.15) is 26.2 Å². The van der Waals surface area contributed by atoms with Crippen LogP contribution in [0.5, 0.6) is 5.75 Å². The van der Waals surface area contributed by atoms with Gasteiger partial charge in [-0.15, -0.1) is 0 Å². The Morgan fingerprint density at radius 2 is 1.97 bits per heavy atom. The van der Waals surface area contributed by atoms with Crippen molar-refractivity contribution >= 4 is 34.5 Å². The van der Waals surface area contributed by atoms with E-state index in [1.807, 2.05) is 41.2 Å². The van der Waals surface area contributed by atoms with Crippen LogP contribution < -0.4 is 15.0 Å². The maximum absolute atomic E-state index is 12.1. The Balaban J connectivity index is 1.41. The molecule has 3 aromatic rings. The molecule has 1 aromatic carbocycles. The van der Waals surface area contributed by atoms with E-state index in [-0.39, 0.29) is 12.5 Å².